The van der Waals surface area contributed by atoms with Gasteiger partial charge in [0.15, 0.2) is 5.82 Å². The number of aryl methyl sites for hydroxylation is 1. The van der Waals surface area contributed by atoms with Crippen molar-refractivity contribution in [3.8, 4) is 11.5 Å². The van der Waals surface area contributed by atoms with E-state index in [1.165, 1.54) is 23.3 Å². The van der Waals surface area contributed by atoms with Crippen LogP contribution in [0.1, 0.15) is 49.0 Å². The predicted molar refractivity (Wildman–Crippen MR) is 115 cm³/mol. The zero-order chi connectivity index (χ0) is 22.3. The van der Waals surface area contributed by atoms with E-state index >= 15 is 0 Å². The first kappa shape index (κ1) is 20.7. The summed E-state index contributed by atoms with van der Waals surface area (Å²) in [6.45, 7) is 2.06. The number of alkyl halides is 3. The molecule has 3 aromatic rings. The number of nitrogens with zero attached hydrogens (tertiary/aromatic N) is 4. The Morgan fingerprint density at radius 2 is 1.69 bits per heavy atom. The van der Waals surface area contributed by atoms with E-state index in [1.807, 2.05) is 12.1 Å². The molecule has 9 heteroatoms. The van der Waals surface area contributed by atoms with Gasteiger partial charge in [-0.2, -0.15) is 28.1 Å². The molecule has 0 spiro atoms. The van der Waals surface area contributed by atoms with Crippen LogP contribution in [0.5, 0.6) is 0 Å². The van der Waals surface area contributed by atoms with Crippen LogP contribution in [0.2, 0.25) is 0 Å². The standard InChI is InChI=1S/C23H23F3N6/c1-13(14-9-10-14)27-21-30-20(18-7-4-8-19(28-18)23(24,25)26)31-22(32-21)29-17-12-11-15-5-2-3-6-16(15)17/h2-8,13-14,17H,9-12H2,1H3,(H2,27,29,30,31,32)/t13-,17?/m1/s1. The average Bonchev–Trinajstić information content (AvgIpc) is 3.55. The number of nitrogens with one attached hydrogen (secondary N) is 2. The van der Waals surface area contributed by atoms with Gasteiger partial charge in [-0.3, -0.25) is 0 Å². The maximum Gasteiger partial charge on any atom is 0.433 e. The lowest BCUT2D eigenvalue weighted by molar-refractivity contribution is -0.141. The summed E-state index contributed by atoms with van der Waals surface area (Å²) in [5.41, 5.74) is 1.54. The first-order valence-corrected chi connectivity index (χ1v) is 10.8. The topological polar surface area (TPSA) is 75.6 Å². The van der Waals surface area contributed by atoms with E-state index in [-0.39, 0.29) is 23.6 Å². The van der Waals surface area contributed by atoms with E-state index in [2.05, 4.69) is 49.6 Å². The first-order valence-electron chi connectivity index (χ1n) is 10.8. The smallest absolute Gasteiger partial charge is 0.351 e. The zero-order valence-corrected chi connectivity index (χ0v) is 17.5. The highest BCUT2D eigenvalue weighted by Gasteiger charge is 2.33. The monoisotopic (exact) mass is 440 g/mol. The summed E-state index contributed by atoms with van der Waals surface area (Å²) in [6.07, 6.45) is -0.413. The molecule has 32 heavy (non-hydrogen) atoms. The molecular formula is C23H23F3N6. The van der Waals surface area contributed by atoms with Crippen LogP contribution in [0, 0.1) is 5.92 Å². The van der Waals surface area contributed by atoms with E-state index in [9.17, 15) is 13.2 Å². The van der Waals surface area contributed by atoms with Crippen molar-refractivity contribution in [2.75, 3.05) is 10.6 Å². The average molecular weight is 440 g/mol. The van der Waals surface area contributed by atoms with E-state index < -0.39 is 11.9 Å². The number of halogens is 3. The molecule has 0 amide bonds. The number of rotatable bonds is 6. The molecule has 0 saturated heterocycles. The summed E-state index contributed by atoms with van der Waals surface area (Å²) >= 11 is 0. The number of aromatic nitrogens is 4. The van der Waals surface area contributed by atoms with Gasteiger partial charge in [-0.25, -0.2) is 4.98 Å². The summed E-state index contributed by atoms with van der Waals surface area (Å²) in [6, 6.07) is 12.1. The summed E-state index contributed by atoms with van der Waals surface area (Å²) in [7, 11) is 0. The Morgan fingerprint density at radius 3 is 2.47 bits per heavy atom. The fraction of sp³-hybridized carbons (Fsp3) is 0.391. The van der Waals surface area contributed by atoms with Crippen LogP contribution >= 0.6 is 0 Å². The number of hydrogen-bond donors (Lipinski definition) is 2. The lowest BCUT2D eigenvalue weighted by atomic mass is 10.1. The molecule has 2 aliphatic rings. The van der Waals surface area contributed by atoms with Gasteiger partial charge in [0.05, 0.1) is 6.04 Å². The molecule has 2 aromatic heterocycles. The second kappa shape index (κ2) is 8.03. The van der Waals surface area contributed by atoms with Gasteiger partial charge >= 0.3 is 6.18 Å². The molecule has 5 rings (SSSR count). The molecule has 0 bridgehead atoms. The lowest BCUT2D eigenvalue weighted by Crippen LogP contribution is -2.21. The van der Waals surface area contributed by atoms with E-state index in [0.29, 0.717) is 17.8 Å². The van der Waals surface area contributed by atoms with Crippen molar-refractivity contribution in [3.63, 3.8) is 0 Å². The fourth-order valence-corrected chi connectivity index (χ4v) is 4.12. The minimum atomic E-state index is -4.54. The Kier molecular flexibility index (Phi) is 5.19. The maximum absolute atomic E-state index is 13.2. The van der Waals surface area contributed by atoms with Gasteiger partial charge in [0.1, 0.15) is 11.4 Å². The van der Waals surface area contributed by atoms with Crippen molar-refractivity contribution in [3.05, 3.63) is 59.3 Å². The molecule has 1 saturated carbocycles. The van der Waals surface area contributed by atoms with E-state index in [1.54, 1.807) is 0 Å². The third-order valence-corrected chi connectivity index (χ3v) is 6.03. The van der Waals surface area contributed by atoms with Crippen molar-refractivity contribution in [1.29, 1.82) is 0 Å². The molecule has 0 aliphatic heterocycles. The second-order valence-electron chi connectivity index (χ2n) is 8.42. The highest BCUT2D eigenvalue weighted by atomic mass is 19.4. The van der Waals surface area contributed by atoms with Gasteiger partial charge in [-0.15, -0.1) is 0 Å². The van der Waals surface area contributed by atoms with Crippen LogP contribution in [0.25, 0.3) is 11.5 Å². The van der Waals surface area contributed by atoms with Crippen LogP contribution < -0.4 is 10.6 Å². The van der Waals surface area contributed by atoms with Crippen molar-refractivity contribution in [1.82, 2.24) is 19.9 Å². The SMILES string of the molecule is C[C@@H](Nc1nc(NC2CCc3ccccc32)nc(-c2cccc(C(F)(F)F)n2)n1)C1CC1. The Labute approximate surface area is 183 Å². The highest BCUT2D eigenvalue weighted by Crippen LogP contribution is 2.35. The summed E-state index contributed by atoms with van der Waals surface area (Å²) in [5, 5.41) is 6.65. The zero-order valence-electron chi connectivity index (χ0n) is 17.5. The normalized spacial score (nSPS) is 18.8. The Hall–Kier alpha value is -3.23. The first-order chi connectivity index (χ1) is 15.4. The van der Waals surface area contributed by atoms with Crippen LogP contribution in [-0.2, 0) is 12.6 Å². The number of anilines is 2. The molecule has 2 heterocycles. The van der Waals surface area contributed by atoms with Crippen molar-refractivity contribution < 1.29 is 13.2 Å². The third kappa shape index (κ3) is 4.37. The summed E-state index contributed by atoms with van der Waals surface area (Å²) in [5.74, 6) is 1.31. The molecule has 0 radical (unpaired) electrons. The number of pyridine rings is 1. The number of fused-ring (bicyclic) bond motifs is 1. The van der Waals surface area contributed by atoms with E-state index in [0.717, 1.165) is 31.7 Å². The fourth-order valence-electron chi connectivity index (χ4n) is 4.12. The minimum Gasteiger partial charge on any atom is -0.351 e. The quantitative estimate of drug-likeness (QED) is 0.544. The van der Waals surface area contributed by atoms with Gasteiger partial charge in [0.2, 0.25) is 11.9 Å². The molecule has 6 nitrogen and oxygen atoms in total. The van der Waals surface area contributed by atoms with Gasteiger partial charge < -0.3 is 10.6 Å². The molecule has 2 aliphatic carbocycles. The Balaban J connectivity index is 1.49. The second-order valence-corrected chi connectivity index (χ2v) is 8.42. The largest absolute Gasteiger partial charge is 0.433 e. The van der Waals surface area contributed by atoms with Crippen molar-refractivity contribution >= 4 is 11.9 Å². The molecule has 1 fully saturated rings. The molecule has 2 N–H and O–H groups in total. The third-order valence-electron chi connectivity index (χ3n) is 6.03. The highest BCUT2D eigenvalue weighted by molar-refractivity contribution is 5.55. The minimum absolute atomic E-state index is 0.0321. The molecule has 2 atom stereocenters. The van der Waals surface area contributed by atoms with Crippen LogP contribution in [0.3, 0.4) is 0 Å². The number of hydrogen-bond acceptors (Lipinski definition) is 6. The molecule has 1 unspecified atom stereocenters. The van der Waals surface area contributed by atoms with Crippen molar-refractivity contribution in [2.45, 2.75) is 50.9 Å². The lowest BCUT2D eigenvalue weighted by Gasteiger charge is -2.17. The summed E-state index contributed by atoms with van der Waals surface area (Å²) in [4.78, 5) is 17.1. The van der Waals surface area contributed by atoms with Gasteiger partial charge in [-0.05, 0) is 61.8 Å². The van der Waals surface area contributed by atoms with Gasteiger partial charge in [0, 0.05) is 6.04 Å². The Bertz CT molecular complexity index is 1130. The molecular weight excluding hydrogens is 417 g/mol. The molecule has 1 aromatic carbocycles. The predicted octanol–water partition coefficient (Wildman–Crippen LogP) is 5.26. The Morgan fingerprint density at radius 1 is 0.906 bits per heavy atom. The summed E-state index contributed by atoms with van der Waals surface area (Å²) < 4.78 is 39.5. The van der Waals surface area contributed by atoms with Crippen LogP contribution in [0.4, 0.5) is 25.1 Å². The number of benzene rings is 1. The van der Waals surface area contributed by atoms with Crippen LogP contribution in [0.15, 0.2) is 42.5 Å². The van der Waals surface area contributed by atoms with Crippen LogP contribution in [-0.4, -0.2) is 26.0 Å². The van der Waals surface area contributed by atoms with Crippen molar-refractivity contribution in [2.24, 2.45) is 5.92 Å². The van der Waals surface area contributed by atoms with Gasteiger partial charge in [0.25, 0.3) is 0 Å². The van der Waals surface area contributed by atoms with E-state index in [4.69, 9.17) is 0 Å². The van der Waals surface area contributed by atoms with Gasteiger partial charge in [-0.1, -0.05) is 30.3 Å². The molecule has 166 valence electrons. The maximum atomic E-state index is 13.2.